The third-order valence-corrected chi connectivity index (χ3v) is 3.79. The molecule has 21 heavy (non-hydrogen) atoms. The summed E-state index contributed by atoms with van der Waals surface area (Å²) in [5.74, 6) is 0.151. The van der Waals surface area contributed by atoms with E-state index in [1.807, 2.05) is 66.7 Å². The summed E-state index contributed by atoms with van der Waals surface area (Å²) in [6, 6.07) is 17.8. The van der Waals surface area contributed by atoms with Gasteiger partial charge in [0.05, 0.1) is 0 Å². The Bertz CT molecular complexity index is 626. The maximum Gasteiger partial charge on any atom is 0.156 e. The summed E-state index contributed by atoms with van der Waals surface area (Å²) in [4.78, 5) is 12.1. The second-order valence-electron chi connectivity index (χ2n) is 4.81. The zero-order valence-corrected chi connectivity index (χ0v) is 13.3. The van der Waals surface area contributed by atoms with Crippen molar-refractivity contribution in [2.24, 2.45) is 0 Å². The molecule has 2 rings (SSSR count). The monoisotopic (exact) mass is 340 g/mol. The fourth-order valence-corrected chi connectivity index (χ4v) is 2.35. The highest BCUT2D eigenvalue weighted by Crippen LogP contribution is 2.23. The Morgan fingerprint density at radius 2 is 1.76 bits per heavy atom. The van der Waals surface area contributed by atoms with Gasteiger partial charge in [-0.3, -0.25) is 4.79 Å². The van der Waals surface area contributed by atoms with Crippen molar-refractivity contribution < 1.29 is 4.79 Å². The van der Waals surface area contributed by atoms with E-state index in [-0.39, 0.29) is 11.7 Å². The predicted molar refractivity (Wildman–Crippen MR) is 92.2 cm³/mol. The van der Waals surface area contributed by atoms with Crippen LogP contribution in [0.5, 0.6) is 0 Å². The van der Waals surface area contributed by atoms with E-state index < -0.39 is 0 Å². The molecule has 0 aliphatic carbocycles. The van der Waals surface area contributed by atoms with Crippen molar-refractivity contribution in [1.82, 2.24) is 0 Å². The minimum absolute atomic E-state index is 0.0472. The lowest BCUT2D eigenvalue weighted by atomic mass is 9.93. The summed E-state index contributed by atoms with van der Waals surface area (Å²) in [6.07, 6.45) is 5.76. The van der Waals surface area contributed by atoms with Gasteiger partial charge in [0.15, 0.2) is 5.78 Å². The van der Waals surface area contributed by atoms with Crippen molar-refractivity contribution in [2.75, 3.05) is 0 Å². The van der Waals surface area contributed by atoms with Crippen molar-refractivity contribution in [3.05, 3.63) is 88.9 Å². The Labute approximate surface area is 134 Å². The van der Waals surface area contributed by atoms with Gasteiger partial charge in [-0.25, -0.2) is 0 Å². The third-order valence-electron chi connectivity index (χ3n) is 3.27. The minimum Gasteiger partial charge on any atom is -0.295 e. The van der Waals surface area contributed by atoms with Crippen molar-refractivity contribution >= 4 is 27.8 Å². The van der Waals surface area contributed by atoms with E-state index in [9.17, 15) is 4.79 Å². The van der Waals surface area contributed by atoms with Crippen molar-refractivity contribution in [3.8, 4) is 0 Å². The van der Waals surface area contributed by atoms with E-state index in [0.717, 1.165) is 15.6 Å². The summed E-state index contributed by atoms with van der Waals surface area (Å²) < 4.78 is 1.03. The first kappa shape index (κ1) is 15.5. The lowest BCUT2D eigenvalue weighted by Gasteiger charge is -2.11. The van der Waals surface area contributed by atoms with Crippen LogP contribution >= 0.6 is 15.9 Å². The zero-order chi connectivity index (χ0) is 15.1. The molecule has 0 radical (unpaired) electrons. The quantitative estimate of drug-likeness (QED) is 0.508. The molecule has 0 amide bonds. The summed E-state index contributed by atoms with van der Waals surface area (Å²) in [5.41, 5.74) is 2.14. The first-order valence-corrected chi connectivity index (χ1v) is 7.62. The molecular weight excluding hydrogens is 324 g/mol. The average Bonchev–Trinajstić information content (AvgIpc) is 2.52. The van der Waals surface area contributed by atoms with Crippen molar-refractivity contribution in [3.63, 3.8) is 0 Å². The van der Waals surface area contributed by atoms with Gasteiger partial charge in [0.25, 0.3) is 0 Å². The van der Waals surface area contributed by atoms with Gasteiger partial charge < -0.3 is 0 Å². The molecule has 1 atom stereocenters. The fourth-order valence-electron chi connectivity index (χ4n) is 2.09. The van der Waals surface area contributed by atoms with E-state index in [0.29, 0.717) is 6.42 Å². The number of allylic oxidation sites excluding steroid dienone is 2. The topological polar surface area (TPSA) is 17.1 Å². The van der Waals surface area contributed by atoms with Crippen LogP contribution < -0.4 is 0 Å². The Balaban J connectivity index is 2.01. The molecular formula is C19H17BrO. The average molecular weight is 341 g/mol. The first-order valence-electron chi connectivity index (χ1n) is 6.83. The number of carbonyl (C=O) groups is 1. The normalized spacial score (nSPS) is 12.2. The van der Waals surface area contributed by atoms with E-state index in [1.165, 1.54) is 0 Å². The van der Waals surface area contributed by atoms with E-state index in [4.69, 9.17) is 0 Å². The molecule has 0 heterocycles. The number of benzene rings is 2. The standard InChI is InChI=1S/C19H17BrO/c1-2-16(17-9-11-18(20)12-10-17)14-19(21)13-8-15-6-4-3-5-7-15/h2-13,16H,1,14H2/b13-8+/t16-/m0/s1. The predicted octanol–water partition coefficient (Wildman–Crippen LogP) is 5.39. The maximum atomic E-state index is 12.1. The molecule has 0 fully saturated rings. The van der Waals surface area contributed by atoms with Crippen LogP contribution in [0.4, 0.5) is 0 Å². The number of carbonyl (C=O) groups excluding carboxylic acids is 1. The third kappa shape index (κ3) is 4.83. The van der Waals surface area contributed by atoms with Gasteiger partial charge in [-0.1, -0.05) is 70.5 Å². The highest BCUT2D eigenvalue weighted by Gasteiger charge is 2.11. The summed E-state index contributed by atoms with van der Waals surface area (Å²) in [6.45, 7) is 3.84. The van der Waals surface area contributed by atoms with Gasteiger partial charge >= 0.3 is 0 Å². The fraction of sp³-hybridized carbons (Fsp3) is 0.105. The zero-order valence-electron chi connectivity index (χ0n) is 11.7. The van der Waals surface area contributed by atoms with Gasteiger partial charge in [0, 0.05) is 16.8 Å². The second-order valence-corrected chi connectivity index (χ2v) is 5.72. The molecule has 0 unspecified atom stereocenters. The molecule has 2 aromatic carbocycles. The van der Waals surface area contributed by atoms with Gasteiger partial charge in [-0.05, 0) is 29.3 Å². The largest absolute Gasteiger partial charge is 0.295 e. The maximum absolute atomic E-state index is 12.1. The van der Waals surface area contributed by atoms with Crippen molar-refractivity contribution in [2.45, 2.75) is 12.3 Å². The molecule has 106 valence electrons. The summed E-state index contributed by atoms with van der Waals surface area (Å²) in [7, 11) is 0. The number of ketones is 1. The number of rotatable bonds is 6. The molecule has 0 bridgehead atoms. The molecule has 0 aliphatic rings. The Hall–Kier alpha value is -1.93. The second kappa shape index (κ2) is 7.75. The van der Waals surface area contributed by atoms with E-state index in [1.54, 1.807) is 6.08 Å². The smallest absolute Gasteiger partial charge is 0.156 e. The number of halogens is 1. The first-order chi connectivity index (χ1) is 10.2. The van der Waals surface area contributed by atoms with Crippen LogP contribution in [0.15, 0.2) is 77.8 Å². The van der Waals surface area contributed by atoms with Crippen LogP contribution in [-0.2, 0) is 4.79 Å². The lowest BCUT2D eigenvalue weighted by molar-refractivity contribution is -0.114. The molecule has 2 heteroatoms. The summed E-state index contributed by atoms with van der Waals surface area (Å²) in [5, 5.41) is 0. The van der Waals surface area contributed by atoms with Crippen LogP contribution in [0, 0.1) is 0 Å². The summed E-state index contributed by atoms with van der Waals surface area (Å²) >= 11 is 3.41. The molecule has 1 nitrogen and oxygen atoms in total. The van der Waals surface area contributed by atoms with Crippen molar-refractivity contribution in [1.29, 1.82) is 0 Å². The van der Waals surface area contributed by atoms with Gasteiger partial charge in [-0.15, -0.1) is 6.58 Å². The minimum atomic E-state index is 0.0472. The molecule has 0 spiro atoms. The highest BCUT2D eigenvalue weighted by atomic mass is 79.9. The lowest BCUT2D eigenvalue weighted by Crippen LogP contribution is -2.02. The van der Waals surface area contributed by atoms with E-state index in [2.05, 4.69) is 22.5 Å². The molecule has 0 N–H and O–H groups in total. The Kier molecular flexibility index (Phi) is 5.70. The Morgan fingerprint density at radius 3 is 2.38 bits per heavy atom. The van der Waals surface area contributed by atoms with Gasteiger partial charge in [0.1, 0.15) is 0 Å². The number of hydrogen-bond acceptors (Lipinski definition) is 1. The SMILES string of the molecule is C=C[C@@H](CC(=O)/C=C/c1ccccc1)c1ccc(Br)cc1. The van der Waals surface area contributed by atoms with Crippen LogP contribution in [0.2, 0.25) is 0 Å². The van der Waals surface area contributed by atoms with E-state index >= 15 is 0 Å². The molecule has 0 aromatic heterocycles. The molecule has 0 saturated carbocycles. The highest BCUT2D eigenvalue weighted by molar-refractivity contribution is 9.10. The van der Waals surface area contributed by atoms with Crippen LogP contribution in [0.1, 0.15) is 23.5 Å². The van der Waals surface area contributed by atoms with Crippen LogP contribution in [0.25, 0.3) is 6.08 Å². The molecule has 0 saturated heterocycles. The van der Waals surface area contributed by atoms with Gasteiger partial charge in [-0.2, -0.15) is 0 Å². The van der Waals surface area contributed by atoms with Crippen LogP contribution in [0.3, 0.4) is 0 Å². The Morgan fingerprint density at radius 1 is 1.10 bits per heavy atom. The number of hydrogen-bond donors (Lipinski definition) is 0. The van der Waals surface area contributed by atoms with Gasteiger partial charge in [0.2, 0.25) is 0 Å². The molecule has 0 aliphatic heterocycles. The van der Waals surface area contributed by atoms with Crippen LogP contribution in [-0.4, -0.2) is 5.78 Å². The molecule has 2 aromatic rings.